The van der Waals surface area contributed by atoms with Gasteiger partial charge in [0.2, 0.25) is 0 Å². The van der Waals surface area contributed by atoms with Gasteiger partial charge >= 0.3 is 0 Å². The van der Waals surface area contributed by atoms with Gasteiger partial charge in [0.05, 0.1) is 18.5 Å². The van der Waals surface area contributed by atoms with Crippen molar-refractivity contribution in [3.63, 3.8) is 0 Å². The predicted molar refractivity (Wildman–Crippen MR) is 95.0 cm³/mol. The quantitative estimate of drug-likeness (QED) is 0.885. The molecule has 1 N–H and O–H groups in total. The van der Waals surface area contributed by atoms with Gasteiger partial charge in [-0.15, -0.1) is 0 Å². The van der Waals surface area contributed by atoms with Gasteiger partial charge in [0.1, 0.15) is 11.3 Å². The first kappa shape index (κ1) is 18.0. The third-order valence-corrected chi connectivity index (χ3v) is 3.95. The second kappa shape index (κ2) is 6.67. The molecule has 5 nitrogen and oxygen atoms in total. The highest BCUT2D eigenvalue weighted by Gasteiger charge is 2.24. The molecule has 1 amide bonds. The Kier molecular flexibility index (Phi) is 5.02. The first-order valence-electron chi connectivity index (χ1n) is 8.11. The van der Waals surface area contributed by atoms with Crippen molar-refractivity contribution in [2.24, 2.45) is 0 Å². The summed E-state index contributed by atoms with van der Waals surface area (Å²) in [6.45, 7) is 12.1. The summed E-state index contributed by atoms with van der Waals surface area (Å²) in [5.41, 5.74) is 2.81. The zero-order chi connectivity index (χ0) is 18.1. The summed E-state index contributed by atoms with van der Waals surface area (Å²) in [5, 5.41) is 6.88. The highest BCUT2D eigenvalue weighted by molar-refractivity contribution is 6.06. The second-order valence-corrected chi connectivity index (χ2v) is 7.28. The third kappa shape index (κ3) is 3.61. The molecule has 0 bridgehead atoms. The number of hydrogen-bond acceptors (Lipinski definition) is 4. The minimum absolute atomic E-state index is 0.0258. The Morgan fingerprint density at radius 2 is 1.96 bits per heavy atom. The van der Waals surface area contributed by atoms with Crippen molar-refractivity contribution >= 4 is 11.6 Å². The van der Waals surface area contributed by atoms with Gasteiger partial charge < -0.3 is 14.6 Å². The van der Waals surface area contributed by atoms with Crippen molar-refractivity contribution in [3.8, 4) is 5.75 Å². The molecule has 0 atom stereocenters. The molecule has 0 spiro atoms. The SMILES string of the molecule is COc1ccc(C(C)(C)C)cc1NC(=O)c1c(C)noc1C(C)C. The van der Waals surface area contributed by atoms with Crippen LogP contribution in [0.25, 0.3) is 0 Å². The lowest BCUT2D eigenvalue weighted by molar-refractivity contribution is 0.102. The van der Waals surface area contributed by atoms with Crippen molar-refractivity contribution in [2.75, 3.05) is 12.4 Å². The van der Waals surface area contributed by atoms with E-state index in [2.05, 4.69) is 31.2 Å². The molecular weight excluding hydrogens is 304 g/mol. The molecule has 2 rings (SSSR count). The summed E-state index contributed by atoms with van der Waals surface area (Å²) in [5.74, 6) is 1.06. The van der Waals surface area contributed by atoms with Crippen LogP contribution >= 0.6 is 0 Å². The van der Waals surface area contributed by atoms with Gasteiger partial charge in [-0.3, -0.25) is 4.79 Å². The Morgan fingerprint density at radius 1 is 1.29 bits per heavy atom. The summed E-state index contributed by atoms with van der Waals surface area (Å²) < 4.78 is 10.7. The average molecular weight is 330 g/mol. The number of benzene rings is 1. The smallest absolute Gasteiger partial charge is 0.261 e. The van der Waals surface area contributed by atoms with E-state index >= 15 is 0 Å². The fraction of sp³-hybridized carbons (Fsp3) is 0.474. The maximum Gasteiger partial charge on any atom is 0.261 e. The van der Waals surface area contributed by atoms with Crippen molar-refractivity contribution in [1.29, 1.82) is 0 Å². The summed E-state index contributed by atoms with van der Waals surface area (Å²) in [6.07, 6.45) is 0. The molecule has 0 saturated carbocycles. The third-order valence-electron chi connectivity index (χ3n) is 3.95. The Labute approximate surface area is 143 Å². The molecule has 1 aromatic heterocycles. The molecule has 0 saturated heterocycles. The summed E-state index contributed by atoms with van der Waals surface area (Å²) >= 11 is 0. The van der Waals surface area contributed by atoms with E-state index in [4.69, 9.17) is 9.26 Å². The Bertz CT molecular complexity index is 740. The molecule has 0 radical (unpaired) electrons. The topological polar surface area (TPSA) is 64.4 Å². The first-order chi connectivity index (χ1) is 11.1. The van der Waals surface area contributed by atoms with Gasteiger partial charge in [0.25, 0.3) is 5.91 Å². The number of methoxy groups -OCH3 is 1. The number of nitrogens with zero attached hydrogens (tertiary/aromatic N) is 1. The number of amides is 1. The number of aromatic nitrogens is 1. The van der Waals surface area contributed by atoms with E-state index in [1.54, 1.807) is 14.0 Å². The number of nitrogens with one attached hydrogen (secondary N) is 1. The molecule has 0 unspecified atom stereocenters. The summed E-state index contributed by atoms with van der Waals surface area (Å²) in [6, 6.07) is 5.84. The molecule has 130 valence electrons. The summed E-state index contributed by atoms with van der Waals surface area (Å²) in [4.78, 5) is 12.8. The second-order valence-electron chi connectivity index (χ2n) is 7.28. The minimum Gasteiger partial charge on any atom is -0.495 e. The number of ether oxygens (including phenoxy) is 1. The van der Waals surface area contributed by atoms with Crippen molar-refractivity contribution in [3.05, 3.63) is 40.8 Å². The Hall–Kier alpha value is -2.30. The number of rotatable bonds is 4. The molecule has 0 aliphatic heterocycles. The maximum atomic E-state index is 12.8. The van der Waals surface area contributed by atoms with Crippen LogP contribution in [0.4, 0.5) is 5.69 Å². The predicted octanol–water partition coefficient (Wildman–Crippen LogP) is 4.66. The van der Waals surface area contributed by atoms with E-state index < -0.39 is 0 Å². The molecule has 1 aromatic carbocycles. The minimum atomic E-state index is -0.234. The van der Waals surface area contributed by atoms with Crippen LogP contribution in [0.5, 0.6) is 5.75 Å². The lowest BCUT2D eigenvalue weighted by Crippen LogP contribution is -2.17. The Balaban J connectivity index is 2.40. The van der Waals surface area contributed by atoms with Crippen LogP contribution in [0.15, 0.2) is 22.7 Å². The number of hydrogen-bond donors (Lipinski definition) is 1. The van der Waals surface area contributed by atoms with Gasteiger partial charge in [-0.1, -0.05) is 45.8 Å². The highest BCUT2D eigenvalue weighted by atomic mass is 16.5. The highest BCUT2D eigenvalue weighted by Crippen LogP contribution is 2.32. The first-order valence-corrected chi connectivity index (χ1v) is 8.11. The fourth-order valence-corrected chi connectivity index (χ4v) is 2.51. The van der Waals surface area contributed by atoms with Crippen LogP contribution in [0.1, 0.15) is 67.9 Å². The maximum absolute atomic E-state index is 12.8. The fourth-order valence-electron chi connectivity index (χ4n) is 2.51. The molecule has 1 heterocycles. The molecule has 5 heteroatoms. The number of carbonyl (C=O) groups is 1. The largest absolute Gasteiger partial charge is 0.495 e. The van der Waals surface area contributed by atoms with Gasteiger partial charge in [-0.05, 0) is 30.0 Å². The van der Waals surface area contributed by atoms with E-state index in [9.17, 15) is 4.79 Å². The van der Waals surface area contributed by atoms with Crippen LogP contribution in [-0.2, 0) is 5.41 Å². The molecular formula is C19H26N2O3. The zero-order valence-electron chi connectivity index (χ0n) is 15.5. The molecule has 2 aromatic rings. The zero-order valence-corrected chi connectivity index (χ0v) is 15.5. The van der Waals surface area contributed by atoms with E-state index in [-0.39, 0.29) is 17.2 Å². The van der Waals surface area contributed by atoms with Crippen LogP contribution in [0, 0.1) is 6.92 Å². The van der Waals surface area contributed by atoms with Crippen molar-refractivity contribution in [1.82, 2.24) is 5.16 Å². The van der Waals surface area contributed by atoms with E-state index in [0.29, 0.717) is 28.5 Å². The van der Waals surface area contributed by atoms with Gasteiger partial charge in [-0.25, -0.2) is 0 Å². The van der Waals surface area contributed by atoms with Gasteiger partial charge in [-0.2, -0.15) is 0 Å². The van der Waals surface area contributed by atoms with E-state index in [0.717, 1.165) is 5.56 Å². The van der Waals surface area contributed by atoms with E-state index in [1.807, 2.05) is 32.0 Å². The summed E-state index contributed by atoms with van der Waals surface area (Å²) in [7, 11) is 1.59. The Morgan fingerprint density at radius 3 is 2.50 bits per heavy atom. The lowest BCUT2D eigenvalue weighted by atomic mass is 9.87. The van der Waals surface area contributed by atoms with Crippen LogP contribution < -0.4 is 10.1 Å². The van der Waals surface area contributed by atoms with E-state index in [1.165, 1.54) is 0 Å². The van der Waals surface area contributed by atoms with Crippen LogP contribution in [0.2, 0.25) is 0 Å². The molecule has 0 aliphatic carbocycles. The number of carbonyl (C=O) groups excluding carboxylic acids is 1. The molecule has 0 aliphatic rings. The monoisotopic (exact) mass is 330 g/mol. The van der Waals surface area contributed by atoms with Crippen molar-refractivity contribution in [2.45, 2.75) is 52.9 Å². The van der Waals surface area contributed by atoms with Crippen LogP contribution in [0.3, 0.4) is 0 Å². The molecule has 24 heavy (non-hydrogen) atoms. The number of aryl methyl sites for hydroxylation is 1. The molecule has 0 fully saturated rings. The lowest BCUT2D eigenvalue weighted by Gasteiger charge is -2.21. The average Bonchev–Trinajstić information content (AvgIpc) is 2.88. The standard InChI is InChI=1S/C19H26N2O3/c1-11(2)17-16(12(3)21-24-17)18(22)20-14-10-13(19(4,5)6)8-9-15(14)23-7/h8-11H,1-7H3,(H,20,22). The van der Waals surface area contributed by atoms with Crippen LogP contribution in [-0.4, -0.2) is 18.2 Å². The van der Waals surface area contributed by atoms with Crippen molar-refractivity contribution < 1.29 is 14.1 Å². The van der Waals surface area contributed by atoms with Gasteiger partial charge in [0.15, 0.2) is 5.76 Å². The number of anilines is 1. The van der Waals surface area contributed by atoms with Gasteiger partial charge in [0, 0.05) is 5.92 Å². The normalized spacial score (nSPS) is 11.7.